The highest BCUT2D eigenvalue weighted by atomic mass is 32.2. The van der Waals surface area contributed by atoms with E-state index in [9.17, 15) is 4.79 Å². The average molecular weight is 354 g/mol. The largest absolute Gasteiger partial charge is 0.272 e. The number of carbonyl (C=O) groups excluding carboxylic acids is 1. The lowest BCUT2D eigenvalue weighted by Gasteiger charge is -1.98. The van der Waals surface area contributed by atoms with E-state index < -0.39 is 0 Å². The summed E-state index contributed by atoms with van der Waals surface area (Å²) in [7, 11) is 0. The summed E-state index contributed by atoms with van der Waals surface area (Å²) in [4.78, 5) is 20.5. The Hall–Kier alpha value is -2.74. The molecule has 2 heterocycles. The van der Waals surface area contributed by atoms with Gasteiger partial charge >= 0.3 is 0 Å². The zero-order valence-corrected chi connectivity index (χ0v) is 15.0. The zero-order chi connectivity index (χ0) is 17.8. The van der Waals surface area contributed by atoms with Crippen LogP contribution in [0.1, 0.15) is 22.5 Å². The van der Waals surface area contributed by atoms with E-state index in [-0.39, 0.29) is 11.7 Å². The minimum atomic E-state index is -0.215. The van der Waals surface area contributed by atoms with Crippen molar-refractivity contribution < 1.29 is 4.79 Å². The summed E-state index contributed by atoms with van der Waals surface area (Å²) in [6.07, 6.45) is 1.61. The third-order valence-electron chi connectivity index (χ3n) is 3.41. The molecule has 0 aliphatic rings. The van der Waals surface area contributed by atoms with Crippen LogP contribution in [0.5, 0.6) is 0 Å². The summed E-state index contributed by atoms with van der Waals surface area (Å²) in [6, 6.07) is 9.80. The molecule has 0 atom stereocenters. The predicted molar refractivity (Wildman–Crippen MR) is 97.9 cm³/mol. The maximum Gasteiger partial charge on any atom is 0.253 e. The molecule has 1 N–H and O–H groups in total. The van der Waals surface area contributed by atoms with Crippen LogP contribution in [-0.2, 0) is 4.79 Å². The number of nitrogens with one attached hydrogen (secondary N) is 1. The number of amides is 1. The van der Waals surface area contributed by atoms with Gasteiger partial charge in [-0.2, -0.15) is 10.1 Å². The Balaban J connectivity index is 1.55. The Labute approximate surface area is 149 Å². The second-order valence-electron chi connectivity index (χ2n) is 5.64. The summed E-state index contributed by atoms with van der Waals surface area (Å²) >= 11 is 1.25. The van der Waals surface area contributed by atoms with Crippen molar-refractivity contribution in [2.24, 2.45) is 5.10 Å². The number of thioether (sulfide) groups is 1. The molecule has 7 nitrogen and oxygen atoms in total. The van der Waals surface area contributed by atoms with Gasteiger partial charge in [0.25, 0.3) is 11.7 Å². The molecule has 3 rings (SSSR count). The van der Waals surface area contributed by atoms with E-state index in [1.54, 1.807) is 10.7 Å². The number of nitrogens with zero attached hydrogens (tertiary/aromatic N) is 5. The van der Waals surface area contributed by atoms with Gasteiger partial charge in [-0.25, -0.2) is 14.9 Å². The molecule has 0 radical (unpaired) electrons. The van der Waals surface area contributed by atoms with Crippen molar-refractivity contribution in [3.63, 3.8) is 0 Å². The third kappa shape index (κ3) is 4.42. The van der Waals surface area contributed by atoms with E-state index in [0.717, 1.165) is 17.0 Å². The van der Waals surface area contributed by atoms with Crippen molar-refractivity contribution in [2.45, 2.75) is 25.9 Å². The Morgan fingerprint density at radius 3 is 2.76 bits per heavy atom. The maximum atomic E-state index is 11.9. The second-order valence-corrected chi connectivity index (χ2v) is 6.58. The molecule has 0 aliphatic heterocycles. The molecule has 0 fully saturated rings. The van der Waals surface area contributed by atoms with Gasteiger partial charge in [-0.1, -0.05) is 41.6 Å². The van der Waals surface area contributed by atoms with Gasteiger partial charge in [0.2, 0.25) is 5.16 Å². The summed E-state index contributed by atoms with van der Waals surface area (Å²) in [5.74, 6) is 0.506. The van der Waals surface area contributed by atoms with Crippen molar-refractivity contribution in [3.05, 3.63) is 52.8 Å². The lowest BCUT2D eigenvalue weighted by Crippen LogP contribution is -2.19. The van der Waals surface area contributed by atoms with Crippen molar-refractivity contribution in [1.82, 2.24) is 25.0 Å². The molecule has 0 saturated heterocycles. The van der Waals surface area contributed by atoms with Gasteiger partial charge in [-0.15, -0.1) is 5.10 Å². The number of rotatable bonds is 5. The van der Waals surface area contributed by atoms with Crippen molar-refractivity contribution in [1.29, 1.82) is 0 Å². The van der Waals surface area contributed by atoms with Crippen LogP contribution in [0.15, 0.2) is 40.6 Å². The monoisotopic (exact) mass is 354 g/mol. The van der Waals surface area contributed by atoms with Gasteiger partial charge in [0.1, 0.15) is 0 Å². The number of aryl methyl sites for hydroxylation is 3. The van der Waals surface area contributed by atoms with Crippen LogP contribution in [-0.4, -0.2) is 37.5 Å². The first-order valence-corrected chi connectivity index (χ1v) is 8.72. The molecular formula is C17H18N6OS. The average Bonchev–Trinajstić information content (AvgIpc) is 2.98. The van der Waals surface area contributed by atoms with E-state index in [4.69, 9.17) is 0 Å². The standard InChI is InChI=1S/C17H18N6OS/c1-11-4-6-14(7-5-11)9-18-21-15(24)10-25-17-20-16-19-12(2)8-13(3)23(16)22-17/h4-9H,10H2,1-3H3,(H,21,24)/b18-9-. The molecule has 1 amide bonds. The lowest BCUT2D eigenvalue weighted by atomic mass is 10.2. The first-order valence-electron chi connectivity index (χ1n) is 7.73. The molecule has 128 valence electrons. The topological polar surface area (TPSA) is 84.5 Å². The van der Waals surface area contributed by atoms with Gasteiger partial charge in [0.15, 0.2) is 0 Å². The molecule has 2 aromatic heterocycles. The van der Waals surface area contributed by atoms with Gasteiger partial charge in [0.05, 0.1) is 12.0 Å². The molecule has 0 unspecified atom stereocenters. The smallest absolute Gasteiger partial charge is 0.253 e. The second kappa shape index (κ2) is 7.43. The van der Waals surface area contributed by atoms with Gasteiger partial charge < -0.3 is 0 Å². The first-order chi connectivity index (χ1) is 12.0. The van der Waals surface area contributed by atoms with Crippen LogP contribution >= 0.6 is 11.8 Å². The summed E-state index contributed by atoms with van der Waals surface area (Å²) < 4.78 is 1.67. The first kappa shape index (κ1) is 17.1. The van der Waals surface area contributed by atoms with E-state index in [1.807, 2.05) is 51.1 Å². The van der Waals surface area contributed by atoms with E-state index in [1.165, 1.54) is 17.3 Å². The Morgan fingerprint density at radius 2 is 2.00 bits per heavy atom. The molecular weight excluding hydrogens is 336 g/mol. The fraction of sp³-hybridized carbons (Fsp3) is 0.235. The van der Waals surface area contributed by atoms with Crippen LogP contribution in [0.3, 0.4) is 0 Å². The summed E-state index contributed by atoms with van der Waals surface area (Å²) in [5.41, 5.74) is 6.45. The number of aromatic nitrogens is 4. The van der Waals surface area contributed by atoms with E-state index in [2.05, 4.69) is 25.6 Å². The number of carbonyl (C=O) groups is 1. The molecule has 25 heavy (non-hydrogen) atoms. The number of hydrogen-bond acceptors (Lipinski definition) is 6. The highest BCUT2D eigenvalue weighted by Crippen LogP contribution is 2.14. The predicted octanol–water partition coefficient (Wildman–Crippen LogP) is 2.29. The molecule has 0 spiro atoms. The Morgan fingerprint density at radius 1 is 1.24 bits per heavy atom. The van der Waals surface area contributed by atoms with E-state index >= 15 is 0 Å². The maximum absolute atomic E-state index is 11.9. The van der Waals surface area contributed by atoms with Gasteiger partial charge in [-0.05, 0) is 32.4 Å². The molecule has 0 bridgehead atoms. The zero-order valence-electron chi connectivity index (χ0n) is 14.2. The van der Waals surface area contributed by atoms with Crippen LogP contribution in [0.25, 0.3) is 5.78 Å². The fourth-order valence-electron chi connectivity index (χ4n) is 2.20. The minimum Gasteiger partial charge on any atom is -0.272 e. The van der Waals surface area contributed by atoms with Crippen LogP contribution < -0.4 is 5.43 Å². The van der Waals surface area contributed by atoms with Crippen LogP contribution in [0, 0.1) is 20.8 Å². The van der Waals surface area contributed by atoms with Crippen molar-refractivity contribution in [2.75, 3.05) is 5.75 Å². The highest BCUT2D eigenvalue weighted by Gasteiger charge is 2.10. The van der Waals surface area contributed by atoms with Crippen LogP contribution in [0.2, 0.25) is 0 Å². The number of fused-ring (bicyclic) bond motifs is 1. The molecule has 0 saturated carbocycles. The quantitative estimate of drug-likeness (QED) is 0.432. The van der Waals surface area contributed by atoms with E-state index in [0.29, 0.717) is 10.9 Å². The number of benzene rings is 1. The molecule has 0 aliphatic carbocycles. The highest BCUT2D eigenvalue weighted by molar-refractivity contribution is 7.99. The summed E-state index contributed by atoms with van der Waals surface area (Å²) in [6.45, 7) is 5.87. The molecule has 3 aromatic rings. The molecule has 1 aromatic carbocycles. The lowest BCUT2D eigenvalue weighted by molar-refractivity contribution is -0.118. The van der Waals surface area contributed by atoms with Crippen LogP contribution in [0.4, 0.5) is 0 Å². The van der Waals surface area contributed by atoms with Crippen molar-refractivity contribution in [3.8, 4) is 0 Å². The number of hydrazone groups is 1. The Bertz CT molecular complexity index is 932. The minimum absolute atomic E-state index is 0.181. The third-order valence-corrected chi connectivity index (χ3v) is 4.25. The van der Waals surface area contributed by atoms with Gasteiger partial charge in [-0.3, -0.25) is 4.79 Å². The Kier molecular flexibility index (Phi) is 5.08. The fourth-order valence-corrected chi connectivity index (χ4v) is 2.81. The molecule has 8 heteroatoms. The number of hydrogen-bond donors (Lipinski definition) is 1. The van der Waals surface area contributed by atoms with Gasteiger partial charge in [0, 0.05) is 11.4 Å². The SMILES string of the molecule is Cc1ccc(/C=N\NC(=O)CSc2nc3nc(C)cc(C)n3n2)cc1. The van der Waals surface area contributed by atoms with Crippen molar-refractivity contribution >= 4 is 29.7 Å². The normalized spacial score (nSPS) is 11.3. The summed E-state index contributed by atoms with van der Waals surface area (Å²) in [5, 5.41) is 8.82.